The third kappa shape index (κ3) is 3.42. The Morgan fingerprint density at radius 2 is 2.11 bits per heavy atom. The van der Waals surface area contributed by atoms with Gasteiger partial charge in [0.05, 0.1) is 6.61 Å². The summed E-state index contributed by atoms with van der Waals surface area (Å²) < 4.78 is 42.0. The quantitative estimate of drug-likeness (QED) is 0.896. The molecule has 2 rings (SSSR count). The van der Waals surface area contributed by atoms with Crippen molar-refractivity contribution in [2.75, 3.05) is 12.4 Å². The molecule has 0 saturated carbocycles. The van der Waals surface area contributed by atoms with Crippen molar-refractivity contribution in [2.24, 2.45) is 0 Å². The molecule has 1 N–H and O–H groups in total. The molecule has 19 heavy (non-hydrogen) atoms. The maximum Gasteiger partial charge on any atom is 0.239 e. The summed E-state index contributed by atoms with van der Waals surface area (Å²) in [5.74, 6) is -1.63. The highest BCUT2D eigenvalue weighted by molar-refractivity contribution is 7.84. The molecule has 0 radical (unpaired) electrons. The molecule has 0 fully saturated rings. The summed E-state index contributed by atoms with van der Waals surface area (Å²) in [5, 5.41) is 12.2. The molecule has 0 bridgehead atoms. The van der Waals surface area contributed by atoms with Crippen LogP contribution in [0.2, 0.25) is 0 Å². The zero-order valence-corrected chi connectivity index (χ0v) is 10.5. The molecule has 5 nitrogen and oxygen atoms in total. The van der Waals surface area contributed by atoms with Gasteiger partial charge in [0.2, 0.25) is 11.7 Å². The Labute approximate surface area is 109 Å². The Bertz CT molecular complexity index is 603. The van der Waals surface area contributed by atoms with E-state index >= 15 is 0 Å². The van der Waals surface area contributed by atoms with Gasteiger partial charge in [-0.25, -0.2) is 8.78 Å². The highest BCUT2D eigenvalue weighted by Crippen LogP contribution is 2.19. The molecule has 102 valence electrons. The van der Waals surface area contributed by atoms with Gasteiger partial charge < -0.3 is 9.63 Å². The molecule has 1 aromatic heterocycles. The van der Waals surface area contributed by atoms with E-state index in [0.717, 1.165) is 12.1 Å². The number of aromatic nitrogens is 2. The summed E-state index contributed by atoms with van der Waals surface area (Å²) in [6.07, 6.45) is 0. The second-order valence-corrected chi connectivity index (χ2v) is 5.23. The van der Waals surface area contributed by atoms with Crippen LogP contribution in [0.25, 0.3) is 11.4 Å². The van der Waals surface area contributed by atoms with Crippen LogP contribution in [0, 0.1) is 11.6 Å². The Morgan fingerprint density at radius 3 is 2.79 bits per heavy atom. The lowest BCUT2D eigenvalue weighted by molar-refractivity contribution is 0.321. The van der Waals surface area contributed by atoms with E-state index in [1.807, 2.05) is 0 Å². The Morgan fingerprint density at radius 1 is 1.32 bits per heavy atom. The van der Waals surface area contributed by atoms with Gasteiger partial charge in [0, 0.05) is 22.1 Å². The molecule has 2 aromatic rings. The zero-order valence-electron chi connectivity index (χ0n) is 9.68. The van der Waals surface area contributed by atoms with E-state index in [9.17, 15) is 13.0 Å². The minimum Gasteiger partial charge on any atom is -0.395 e. The molecule has 1 unspecified atom stereocenters. The first-order chi connectivity index (χ1) is 9.10. The van der Waals surface area contributed by atoms with E-state index in [1.165, 1.54) is 6.07 Å². The van der Waals surface area contributed by atoms with Gasteiger partial charge in [-0.3, -0.25) is 4.21 Å². The lowest BCUT2D eigenvalue weighted by atomic mass is 10.2. The van der Waals surface area contributed by atoms with Crippen molar-refractivity contribution in [3.63, 3.8) is 0 Å². The lowest BCUT2D eigenvalue weighted by Crippen LogP contribution is -2.04. The minimum absolute atomic E-state index is 0.0111. The van der Waals surface area contributed by atoms with Gasteiger partial charge in [-0.1, -0.05) is 5.16 Å². The van der Waals surface area contributed by atoms with Crippen molar-refractivity contribution in [1.29, 1.82) is 0 Å². The van der Waals surface area contributed by atoms with E-state index < -0.39 is 22.4 Å². The van der Waals surface area contributed by atoms with Crippen molar-refractivity contribution in [1.82, 2.24) is 10.1 Å². The van der Waals surface area contributed by atoms with Crippen LogP contribution in [0.15, 0.2) is 22.7 Å². The van der Waals surface area contributed by atoms with Gasteiger partial charge in [0.15, 0.2) is 11.6 Å². The molecule has 0 aliphatic heterocycles. The molecule has 8 heteroatoms. The van der Waals surface area contributed by atoms with E-state index in [0.29, 0.717) is 0 Å². The second-order valence-electron chi connectivity index (χ2n) is 3.65. The lowest BCUT2D eigenvalue weighted by Gasteiger charge is -1.95. The van der Waals surface area contributed by atoms with Gasteiger partial charge in [0.25, 0.3) is 0 Å². The number of hydrogen-bond acceptors (Lipinski definition) is 5. The summed E-state index contributed by atoms with van der Waals surface area (Å²) in [4.78, 5) is 3.93. The summed E-state index contributed by atoms with van der Waals surface area (Å²) in [5.41, 5.74) is 0.266. The number of halogens is 2. The Hall–Kier alpha value is -1.67. The van der Waals surface area contributed by atoms with Gasteiger partial charge >= 0.3 is 0 Å². The third-order valence-corrected chi connectivity index (χ3v) is 3.46. The summed E-state index contributed by atoms with van der Waals surface area (Å²) in [6.45, 7) is -0.198. The third-order valence-electron chi connectivity index (χ3n) is 2.25. The van der Waals surface area contributed by atoms with E-state index in [2.05, 4.69) is 10.1 Å². The van der Waals surface area contributed by atoms with Crippen LogP contribution in [0.4, 0.5) is 8.78 Å². The average Bonchev–Trinajstić information content (AvgIpc) is 2.81. The summed E-state index contributed by atoms with van der Waals surface area (Å²) >= 11 is 0. The monoisotopic (exact) mass is 288 g/mol. The topological polar surface area (TPSA) is 76.2 Å². The van der Waals surface area contributed by atoms with Crippen molar-refractivity contribution in [3.05, 3.63) is 35.7 Å². The van der Waals surface area contributed by atoms with Crippen molar-refractivity contribution < 1.29 is 22.6 Å². The van der Waals surface area contributed by atoms with E-state index in [1.54, 1.807) is 0 Å². The molecule has 0 aliphatic carbocycles. The maximum atomic E-state index is 13.0. The fourth-order valence-electron chi connectivity index (χ4n) is 1.38. The first-order valence-corrected chi connectivity index (χ1v) is 6.83. The van der Waals surface area contributed by atoms with E-state index in [-0.39, 0.29) is 35.4 Å². The molecule has 0 aliphatic rings. The molecule has 1 atom stereocenters. The summed E-state index contributed by atoms with van der Waals surface area (Å²) in [6, 6.07) is 3.23. The highest BCUT2D eigenvalue weighted by Gasteiger charge is 2.13. The van der Waals surface area contributed by atoms with Crippen molar-refractivity contribution in [3.8, 4) is 11.4 Å². The van der Waals surface area contributed by atoms with Crippen LogP contribution >= 0.6 is 0 Å². The number of aliphatic hydroxyl groups is 1. The Kier molecular flexibility index (Phi) is 4.33. The average molecular weight is 288 g/mol. The number of benzene rings is 1. The number of nitrogens with zero attached hydrogens (tertiary/aromatic N) is 2. The largest absolute Gasteiger partial charge is 0.395 e. The number of hydrogen-bond donors (Lipinski definition) is 1. The van der Waals surface area contributed by atoms with Crippen LogP contribution in [0.5, 0.6) is 0 Å². The molecular weight excluding hydrogens is 278 g/mol. The minimum atomic E-state index is -1.30. The standard InChI is InChI=1S/C11H10F2N2O3S/c12-8-2-1-7(5-9(8)13)11-14-10(18-15-11)6-19(17)4-3-16/h1-2,5,16H,3-4,6H2. The van der Waals surface area contributed by atoms with Crippen molar-refractivity contribution >= 4 is 10.8 Å². The van der Waals surface area contributed by atoms with Gasteiger partial charge in [-0.15, -0.1) is 0 Å². The first kappa shape index (κ1) is 13.8. The molecule has 1 aromatic carbocycles. The van der Waals surface area contributed by atoms with Crippen LogP contribution in [-0.2, 0) is 16.6 Å². The molecule has 0 saturated heterocycles. The fourth-order valence-corrected chi connectivity index (χ4v) is 2.12. The van der Waals surface area contributed by atoms with Crippen LogP contribution in [-0.4, -0.2) is 31.8 Å². The van der Waals surface area contributed by atoms with Crippen LogP contribution in [0.3, 0.4) is 0 Å². The predicted molar refractivity (Wildman–Crippen MR) is 63.4 cm³/mol. The number of rotatable bonds is 5. The molecule has 0 spiro atoms. The number of aliphatic hydroxyl groups excluding tert-OH is 1. The second kappa shape index (κ2) is 5.98. The Balaban J connectivity index is 2.16. The molecule has 1 heterocycles. The van der Waals surface area contributed by atoms with Gasteiger partial charge in [-0.2, -0.15) is 4.98 Å². The van der Waals surface area contributed by atoms with Crippen LogP contribution in [0.1, 0.15) is 5.89 Å². The fraction of sp³-hybridized carbons (Fsp3) is 0.273. The first-order valence-electron chi connectivity index (χ1n) is 5.34. The van der Waals surface area contributed by atoms with Gasteiger partial charge in [0.1, 0.15) is 5.75 Å². The highest BCUT2D eigenvalue weighted by atomic mass is 32.2. The zero-order chi connectivity index (χ0) is 13.8. The molecular formula is C11H10F2N2O3S. The van der Waals surface area contributed by atoms with Crippen molar-refractivity contribution in [2.45, 2.75) is 5.75 Å². The summed E-state index contributed by atoms with van der Waals surface area (Å²) in [7, 11) is -1.30. The van der Waals surface area contributed by atoms with Crippen LogP contribution < -0.4 is 0 Å². The smallest absolute Gasteiger partial charge is 0.239 e. The SMILES string of the molecule is O=S(CCO)Cc1nc(-c2ccc(F)c(F)c2)no1. The van der Waals surface area contributed by atoms with Gasteiger partial charge in [-0.05, 0) is 18.2 Å². The maximum absolute atomic E-state index is 13.0. The predicted octanol–water partition coefficient (Wildman–Crippen LogP) is 1.26. The molecule has 0 amide bonds. The van der Waals surface area contributed by atoms with E-state index in [4.69, 9.17) is 9.63 Å². The normalized spacial score (nSPS) is 12.6.